The van der Waals surface area contributed by atoms with Gasteiger partial charge in [-0.2, -0.15) is 30.7 Å². The van der Waals surface area contributed by atoms with Gasteiger partial charge in [0.05, 0.1) is 0 Å². The highest BCUT2D eigenvalue weighted by Gasteiger charge is 2.73. The van der Waals surface area contributed by atoms with Crippen LogP contribution in [-0.4, -0.2) is 23.0 Å². The van der Waals surface area contributed by atoms with E-state index in [0.29, 0.717) is 11.3 Å². The SMILES string of the molecule is CC1(C)C=Cc2cc(SC(F)(F)C(F)(F)C(F)(F)F)ccc2O1. The number of rotatable bonds is 3. The number of thioether (sulfide) groups is 1. The largest absolute Gasteiger partial charge is 0.483 e. The summed E-state index contributed by atoms with van der Waals surface area (Å²) in [6.45, 7) is 3.49. The molecule has 0 fully saturated rings. The fraction of sp³-hybridized carbons (Fsp3) is 0.429. The molecule has 0 amide bonds. The summed E-state index contributed by atoms with van der Waals surface area (Å²) in [5.41, 5.74) is -0.310. The lowest BCUT2D eigenvalue weighted by Gasteiger charge is -2.29. The van der Waals surface area contributed by atoms with E-state index in [4.69, 9.17) is 4.74 Å². The van der Waals surface area contributed by atoms with Gasteiger partial charge in [-0.3, -0.25) is 0 Å². The summed E-state index contributed by atoms with van der Waals surface area (Å²) in [6.07, 6.45) is -3.19. The third-order valence-electron chi connectivity index (χ3n) is 2.99. The monoisotopic (exact) mass is 360 g/mol. The zero-order chi connectivity index (χ0) is 17.7. The molecule has 0 spiro atoms. The van der Waals surface area contributed by atoms with Gasteiger partial charge in [0.25, 0.3) is 0 Å². The minimum Gasteiger partial charge on any atom is -0.483 e. The molecule has 1 aliphatic heterocycles. The van der Waals surface area contributed by atoms with Crippen molar-refractivity contribution in [1.82, 2.24) is 0 Å². The van der Waals surface area contributed by atoms with Crippen molar-refractivity contribution in [2.24, 2.45) is 0 Å². The van der Waals surface area contributed by atoms with E-state index in [0.717, 1.165) is 12.1 Å². The Balaban J connectivity index is 2.28. The fourth-order valence-corrected chi connectivity index (χ4v) is 2.66. The predicted octanol–water partition coefficient (Wildman–Crippen LogP) is 5.75. The summed E-state index contributed by atoms with van der Waals surface area (Å²) < 4.78 is 94.4. The zero-order valence-electron chi connectivity index (χ0n) is 11.8. The van der Waals surface area contributed by atoms with Crippen molar-refractivity contribution in [3.63, 3.8) is 0 Å². The minimum absolute atomic E-state index is 0.320. The summed E-state index contributed by atoms with van der Waals surface area (Å²) in [5.74, 6) is -5.82. The lowest BCUT2D eigenvalue weighted by Crippen LogP contribution is -2.49. The highest BCUT2D eigenvalue weighted by molar-refractivity contribution is 8.00. The molecule has 0 aromatic heterocycles. The van der Waals surface area contributed by atoms with Crippen molar-refractivity contribution in [2.45, 2.75) is 41.7 Å². The van der Waals surface area contributed by atoms with Crippen LogP contribution < -0.4 is 4.74 Å². The predicted molar refractivity (Wildman–Crippen MR) is 72.0 cm³/mol. The van der Waals surface area contributed by atoms with Crippen molar-refractivity contribution in [2.75, 3.05) is 0 Å². The van der Waals surface area contributed by atoms with Gasteiger partial charge in [-0.15, -0.1) is 0 Å². The average Bonchev–Trinajstić information content (AvgIpc) is 2.36. The van der Waals surface area contributed by atoms with Gasteiger partial charge >= 0.3 is 17.4 Å². The van der Waals surface area contributed by atoms with Crippen LogP contribution in [0.1, 0.15) is 19.4 Å². The summed E-state index contributed by atoms with van der Waals surface area (Å²) in [4.78, 5) is -0.425. The molecule has 0 radical (unpaired) electrons. The topological polar surface area (TPSA) is 9.23 Å². The second-order valence-corrected chi connectivity index (χ2v) is 6.62. The Kier molecular flexibility index (Phi) is 4.16. The third kappa shape index (κ3) is 3.44. The van der Waals surface area contributed by atoms with Crippen LogP contribution in [0.2, 0.25) is 0 Å². The molecule has 1 nitrogen and oxygen atoms in total. The molecule has 2 rings (SSSR count). The molecule has 1 heterocycles. The van der Waals surface area contributed by atoms with Crippen LogP contribution in [0.5, 0.6) is 5.75 Å². The maximum absolute atomic E-state index is 13.4. The van der Waals surface area contributed by atoms with Crippen LogP contribution in [0.15, 0.2) is 29.2 Å². The van der Waals surface area contributed by atoms with Gasteiger partial charge < -0.3 is 4.74 Å². The molecule has 0 saturated heterocycles. The molecule has 0 N–H and O–H groups in total. The van der Waals surface area contributed by atoms with Crippen LogP contribution in [0, 0.1) is 0 Å². The first-order chi connectivity index (χ1) is 10.3. The smallest absolute Gasteiger partial charge is 0.460 e. The first-order valence-electron chi connectivity index (χ1n) is 6.29. The molecule has 9 heteroatoms. The number of hydrogen-bond donors (Lipinski definition) is 0. The molecule has 0 saturated carbocycles. The minimum atomic E-state index is -6.34. The Bertz CT molecular complexity index is 635. The summed E-state index contributed by atoms with van der Waals surface area (Å²) in [6, 6.07) is 3.34. The lowest BCUT2D eigenvalue weighted by atomic mass is 10.0. The molecule has 1 aliphatic rings. The van der Waals surface area contributed by atoms with Crippen LogP contribution in [0.4, 0.5) is 30.7 Å². The van der Waals surface area contributed by atoms with Crippen molar-refractivity contribution in [3.8, 4) is 5.75 Å². The number of halogens is 7. The quantitative estimate of drug-likeness (QED) is 0.501. The lowest BCUT2D eigenvalue weighted by molar-refractivity contribution is -0.330. The summed E-state index contributed by atoms with van der Waals surface area (Å²) in [7, 11) is 0. The first-order valence-corrected chi connectivity index (χ1v) is 7.10. The van der Waals surface area contributed by atoms with Crippen LogP contribution >= 0.6 is 11.8 Å². The molecule has 128 valence electrons. The van der Waals surface area contributed by atoms with E-state index in [1.54, 1.807) is 19.9 Å². The van der Waals surface area contributed by atoms with Gasteiger partial charge in [0.1, 0.15) is 11.4 Å². The van der Waals surface area contributed by atoms with Gasteiger partial charge in [0.15, 0.2) is 0 Å². The first kappa shape index (κ1) is 18.0. The number of fused-ring (bicyclic) bond motifs is 1. The van der Waals surface area contributed by atoms with Crippen LogP contribution in [-0.2, 0) is 0 Å². The highest BCUT2D eigenvalue weighted by Crippen LogP contribution is 2.54. The number of hydrogen-bond acceptors (Lipinski definition) is 2. The molecular weight excluding hydrogens is 349 g/mol. The molecule has 1 aromatic rings. The Morgan fingerprint density at radius 2 is 1.61 bits per heavy atom. The van der Waals surface area contributed by atoms with E-state index >= 15 is 0 Å². The maximum Gasteiger partial charge on any atom is 0.460 e. The molecule has 0 atom stereocenters. The van der Waals surface area contributed by atoms with E-state index in [1.165, 1.54) is 12.1 Å². The Labute approximate surface area is 131 Å². The van der Waals surface area contributed by atoms with Crippen molar-refractivity contribution < 1.29 is 35.5 Å². The Morgan fingerprint density at radius 1 is 1.00 bits per heavy atom. The number of benzene rings is 1. The molecule has 0 unspecified atom stereocenters. The van der Waals surface area contributed by atoms with Gasteiger partial charge in [-0.05, 0) is 49.9 Å². The van der Waals surface area contributed by atoms with Crippen LogP contribution in [0.25, 0.3) is 6.08 Å². The van der Waals surface area contributed by atoms with Crippen LogP contribution in [0.3, 0.4) is 0 Å². The number of alkyl halides is 7. The summed E-state index contributed by atoms with van der Waals surface area (Å²) in [5, 5.41) is -5.34. The number of ether oxygens (including phenoxy) is 1. The average molecular weight is 360 g/mol. The molecular formula is C14H11F7OS. The maximum atomic E-state index is 13.4. The highest BCUT2D eigenvalue weighted by atomic mass is 32.2. The van der Waals surface area contributed by atoms with Gasteiger partial charge in [0.2, 0.25) is 0 Å². The Morgan fingerprint density at radius 3 is 2.17 bits per heavy atom. The molecule has 0 aliphatic carbocycles. The van der Waals surface area contributed by atoms with Crippen molar-refractivity contribution in [3.05, 3.63) is 29.8 Å². The fourth-order valence-electron chi connectivity index (χ4n) is 1.80. The van der Waals surface area contributed by atoms with E-state index in [1.807, 2.05) is 0 Å². The van der Waals surface area contributed by atoms with E-state index in [9.17, 15) is 30.7 Å². The normalized spacial score (nSPS) is 17.6. The van der Waals surface area contributed by atoms with Crippen molar-refractivity contribution in [1.29, 1.82) is 0 Å². The Hall–Kier alpha value is -1.38. The standard InChI is InChI=1S/C14H11F7OS/c1-11(2)6-5-8-7-9(3-4-10(8)22-11)23-14(20,21)12(15,16)13(17,18)19/h3-7H,1-2H3. The van der Waals surface area contributed by atoms with Gasteiger partial charge in [-0.25, -0.2) is 0 Å². The van der Waals surface area contributed by atoms with E-state index in [2.05, 4.69) is 0 Å². The van der Waals surface area contributed by atoms with E-state index in [-0.39, 0.29) is 0 Å². The second-order valence-electron chi connectivity index (χ2n) is 5.43. The molecule has 23 heavy (non-hydrogen) atoms. The third-order valence-corrected chi connectivity index (χ3v) is 3.99. The van der Waals surface area contributed by atoms with Gasteiger partial charge in [-0.1, -0.05) is 6.08 Å². The van der Waals surface area contributed by atoms with Gasteiger partial charge in [0, 0.05) is 10.5 Å². The second kappa shape index (κ2) is 5.32. The van der Waals surface area contributed by atoms with E-state index < -0.39 is 39.6 Å². The molecule has 1 aromatic carbocycles. The molecule has 0 bridgehead atoms. The zero-order valence-corrected chi connectivity index (χ0v) is 12.7. The van der Waals surface area contributed by atoms with Crippen molar-refractivity contribution >= 4 is 17.8 Å². The summed E-state index contributed by atoms with van der Waals surface area (Å²) >= 11 is -0.840.